The van der Waals surface area contributed by atoms with E-state index in [0.717, 1.165) is 10.6 Å². The Hall–Kier alpha value is -3.10. The molecule has 0 radical (unpaired) electrons. The Morgan fingerprint density at radius 2 is 0.875 bits per heavy atom. The Kier molecular flexibility index (Phi) is 3.87. The summed E-state index contributed by atoms with van der Waals surface area (Å²) in [7, 11) is 0. The fraction of sp³-hybridized carbons (Fsp3) is 0.0714. The molecule has 0 N–H and O–H groups in total. The molecule has 4 heteroatoms. The molecule has 0 heterocycles. The summed E-state index contributed by atoms with van der Waals surface area (Å²) in [4.78, 5) is 4.77. The Morgan fingerprint density at radius 1 is 0.500 bits per heavy atom. The summed E-state index contributed by atoms with van der Waals surface area (Å²) in [6.07, 6.45) is 0. The van der Waals surface area contributed by atoms with Crippen LogP contribution in [0.3, 0.4) is 0 Å². The van der Waals surface area contributed by atoms with Gasteiger partial charge in [-0.1, -0.05) is 0 Å². The van der Waals surface area contributed by atoms with Gasteiger partial charge in [0, 0.05) is 0 Å². The monoisotopic (exact) mass is 538 g/mol. The van der Waals surface area contributed by atoms with Crippen molar-refractivity contribution in [3.8, 4) is 9.94 Å². The minimum absolute atomic E-state index is 0.0505. The van der Waals surface area contributed by atoms with Gasteiger partial charge in [-0.15, -0.1) is 0 Å². The molecular weight excluding hydrogens is 522 g/mol. The van der Waals surface area contributed by atoms with Crippen LogP contribution in [0.25, 0.3) is 64.6 Å². The zero-order valence-electron chi connectivity index (χ0n) is 16.9. The van der Waals surface area contributed by atoms with Gasteiger partial charge in [-0.2, -0.15) is 0 Å². The van der Waals surface area contributed by atoms with Gasteiger partial charge < -0.3 is 0 Å². The molecule has 0 amide bonds. The van der Waals surface area contributed by atoms with Gasteiger partial charge in [-0.05, 0) is 0 Å². The zero-order valence-corrected chi connectivity index (χ0v) is 20.3. The molecule has 2 nitrogen and oxygen atoms in total. The van der Waals surface area contributed by atoms with Crippen molar-refractivity contribution in [1.82, 2.24) is 0 Å². The predicted molar refractivity (Wildman–Crippen MR) is 135 cm³/mol. The normalized spacial score (nSPS) is 12.2. The molecule has 7 rings (SSSR count). The third-order valence-corrected chi connectivity index (χ3v) is 9.33. The first-order chi connectivity index (χ1) is 15.8. The summed E-state index contributed by atoms with van der Waals surface area (Å²) in [6.45, 7) is 0. The number of benzene rings is 7. The van der Waals surface area contributed by atoms with Crippen LogP contribution in [0.4, 0.5) is 0 Å². The van der Waals surface area contributed by atoms with E-state index >= 15 is 0 Å². The predicted octanol–water partition coefficient (Wildman–Crippen LogP) is 6.29. The molecule has 0 bridgehead atoms. The van der Waals surface area contributed by atoms with E-state index in [9.17, 15) is 10.5 Å². The second-order valence-electron chi connectivity index (χ2n) is 8.33. The molecule has 0 aliphatic rings. The second kappa shape index (κ2) is 6.70. The molecule has 32 heavy (non-hydrogen) atoms. The molecular formula is C28H14N2Se2. The van der Waals surface area contributed by atoms with E-state index in [-0.39, 0.29) is 29.9 Å². The average Bonchev–Trinajstić information content (AvgIpc) is 2.84. The molecule has 0 saturated heterocycles. The van der Waals surface area contributed by atoms with Crippen LogP contribution in [0.15, 0.2) is 60.7 Å². The van der Waals surface area contributed by atoms with E-state index in [1.54, 1.807) is 0 Å². The molecule has 0 spiro atoms. The summed E-state index contributed by atoms with van der Waals surface area (Å²) in [5.74, 6) is 0. The quantitative estimate of drug-likeness (QED) is 0.151. The third-order valence-electron chi connectivity index (χ3n) is 6.87. The summed E-state index contributed by atoms with van der Waals surface area (Å²) >= 11 is -0.101. The summed E-state index contributed by atoms with van der Waals surface area (Å²) in [5.41, 5.74) is 2.58. The standard InChI is InChI=1S/C28H14N2Se2/c29-13-31-11-19-9-17-3-4-18-10-20(12-32-14-30)22-8-6-16-2-1-15-5-7-21(19)27-23(15)24(16)28(22)26(18)25(17)27/h1-10H,11-12H2. The topological polar surface area (TPSA) is 47.6 Å². The summed E-state index contributed by atoms with van der Waals surface area (Å²) in [5, 5.41) is 35.9. The van der Waals surface area contributed by atoms with Gasteiger partial charge in [-0.25, -0.2) is 0 Å². The number of rotatable bonds is 4. The van der Waals surface area contributed by atoms with Crippen LogP contribution in [0.2, 0.25) is 0 Å². The maximum atomic E-state index is 9.25. The van der Waals surface area contributed by atoms with Gasteiger partial charge in [0.25, 0.3) is 0 Å². The van der Waals surface area contributed by atoms with E-state index in [1.165, 1.54) is 75.8 Å². The van der Waals surface area contributed by atoms with Crippen molar-refractivity contribution in [2.45, 2.75) is 10.6 Å². The van der Waals surface area contributed by atoms with Crippen molar-refractivity contribution in [3.05, 3.63) is 71.8 Å². The van der Waals surface area contributed by atoms with Crippen molar-refractivity contribution in [1.29, 1.82) is 10.5 Å². The third kappa shape index (κ3) is 2.28. The zero-order chi connectivity index (χ0) is 21.4. The van der Waals surface area contributed by atoms with Gasteiger partial charge in [0.15, 0.2) is 0 Å². The SMILES string of the molecule is N#C[Se]Cc1cc2ccc3cc(C[Se]C#N)c4ccc5ccc6ccc1c1c6c5c4c3c21. The van der Waals surface area contributed by atoms with Crippen LogP contribution in [0.1, 0.15) is 11.1 Å². The van der Waals surface area contributed by atoms with Crippen molar-refractivity contribution in [2.24, 2.45) is 0 Å². The van der Waals surface area contributed by atoms with Crippen LogP contribution in [0, 0.1) is 20.5 Å². The van der Waals surface area contributed by atoms with Crippen LogP contribution in [0.5, 0.6) is 0 Å². The molecule has 0 fully saturated rings. The van der Waals surface area contributed by atoms with Crippen molar-refractivity contribution in [3.63, 3.8) is 0 Å². The van der Waals surface area contributed by atoms with Gasteiger partial charge in [0.2, 0.25) is 0 Å². The van der Waals surface area contributed by atoms with E-state index in [1.807, 2.05) is 0 Å². The first-order valence-corrected chi connectivity index (χ1v) is 14.6. The Bertz CT molecular complexity index is 1750. The second-order valence-corrected chi connectivity index (χ2v) is 11.5. The summed E-state index contributed by atoms with van der Waals surface area (Å²) < 4.78 is 0. The summed E-state index contributed by atoms with van der Waals surface area (Å²) in [6, 6.07) is 22.6. The molecule has 0 aliphatic heterocycles. The van der Waals surface area contributed by atoms with Crippen molar-refractivity contribution in [2.75, 3.05) is 0 Å². The Morgan fingerprint density at radius 3 is 1.31 bits per heavy atom. The van der Waals surface area contributed by atoms with Gasteiger partial charge in [0.1, 0.15) is 0 Å². The molecule has 0 saturated carbocycles. The Labute approximate surface area is 196 Å². The Balaban J connectivity index is 1.80. The van der Waals surface area contributed by atoms with E-state index in [0.29, 0.717) is 0 Å². The molecule has 0 unspecified atom stereocenters. The maximum absolute atomic E-state index is 9.25. The van der Waals surface area contributed by atoms with Crippen molar-refractivity contribution < 1.29 is 0 Å². The first kappa shape index (κ1) is 18.5. The molecule has 0 aromatic heterocycles. The molecule has 7 aromatic rings. The van der Waals surface area contributed by atoms with Crippen molar-refractivity contribution >= 4 is 94.5 Å². The van der Waals surface area contributed by atoms with Gasteiger partial charge in [0.05, 0.1) is 0 Å². The van der Waals surface area contributed by atoms with Gasteiger partial charge >= 0.3 is 197 Å². The number of hydrogen-bond acceptors (Lipinski definition) is 2. The van der Waals surface area contributed by atoms with Crippen LogP contribution < -0.4 is 0 Å². The molecule has 0 atom stereocenters. The molecule has 148 valence electrons. The number of hydrogen-bond donors (Lipinski definition) is 0. The molecule has 0 aliphatic carbocycles. The number of nitrogens with zero attached hydrogens (tertiary/aromatic N) is 2. The van der Waals surface area contributed by atoms with E-state index in [2.05, 4.69) is 70.6 Å². The van der Waals surface area contributed by atoms with Gasteiger partial charge in [-0.3, -0.25) is 0 Å². The van der Waals surface area contributed by atoms with E-state index in [4.69, 9.17) is 0 Å². The fourth-order valence-corrected chi connectivity index (χ4v) is 7.62. The molecule has 7 aromatic carbocycles. The number of nitriles is 2. The minimum atomic E-state index is -0.0505. The fourth-order valence-electron chi connectivity index (χ4n) is 5.69. The van der Waals surface area contributed by atoms with E-state index < -0.39 is 0 Å². The average molecular weight is 536 g/mol. The van der Waals surface area contributed by atoms with Crippen LogP contribution in [-0.2, 0) is 10.6 Å². The van der Waals surface area contributed by atoms with Crippen LogP contribution >= 0.6 is 0 Å². The first-order valence-electron chi connectivity index (χ1n) is 10.4. The van der Waals surface area contributed by atoms with Crippen LogP contribution in [-0.4, -0.2) is 29.9 Å².